The number of carbonyl (C=O) groups is 3. The van der Waals surface area contributed by atoms with Gasteiger partial charge in [0.05, 0.1) is 11.4 Å². The zero-order valence-electron chi connectivity index (χ0n) is 17.7. The van der Waals surface area contributed by atoms with Crippen LogP contribution < -0.4 is 4.90 Å². The summed E-state index contributed by atoms with van der Waals surface area (Å²) in [5, 5.41) is 0.771. The van der Waals surface area contributed by atoms with Crippen LogP contribution in [0.15, 0.2) is 54.9 Å². The molecule has 4 heterocycles. The summed E-state index contributed by atoms with van der Waals surface area (Å²) in [4.78, 5) is 48.5. The molecule has 2 aliphatic rings. The van der Waals surface area contributed by atoms with Gasteiger partial charge in [0.15, 0.2) is 5.13 Å². The van der Waals surface area contributed by atoms with E-state index in [1.807, 2.05) is 59.1 Å². The maximum atomic E-state index is 13.1. The van der Waals surface area contributed by atoms with Gasteiger partial charge in [-0.15, -0.1) is 0 Å². The number of para-hydroxylation sites is 1. The first-order valence-corrected chi connectivity index (χ1v) is 11.4. The number of aromatic nitrogens is 2. The second-order valence-electron chi connectivity index (χ2n) is 8.00. The predicted molar refractivity (Wildman–Crippen MR) is 121 cm³/mol. The van der Waals surface area contributed by atoms with Gasteiger partial charge in [-0.1, -0.05) is 29.5 Å². The van der Waals surface area contributed by atoms with Gasteiger partial charge < -0.3 is 14.4 Å². The molecule has 0 atom stereocenters. The van der Waals surface area contributed by atoms with Gasteiger partial charge in [0, 0.05) is 31.5 Å². The molecule has 0 unspecified atom stereocenters. The Morgan fingerprint density at radius 2 is 1.72 bits per heavy atom. The number of thiazole rings is 1. The highest BCUT2D eigenvalue weighted by atomic mass is 32.1. The normalized spacial score (nSPS) is 17.5. The topological polar surface area (TPSA) is 78.8 Å². The van der Waals surface area contributed by atoms with Gasteiger partial charge in [0.1, 0.15) is 11.4 Å². The summed E-state index contributed by atoms with van der Waals surface area (Å²) in [6, 6.07) is 12.5. The highest BCUT2D eigenvalue weighted by Crippen LogP contribution is 2.28. The van der Waals surface area contributed by atoms with Crippen molar-refractivity contribution in [2.24, 2.45) is 0 Å². The first-order valence-electron chi connectivity index (χ1n) is 10.6. The highest BCUT2D eigenvalue weighted by molar-refractivity contribution is 7.16. The molecule has 3 aromatic rings. The lowest BCUT2D eigenvalue weighted by Gasteiger charge is -2.36. The third-order valence-corrected chi connectivity index (χ3v) is 7.16. The standard InChI is InChI=1S/C23H23N5O3S/c1-16-20(32-22(24-16)26-11-5-6-12-26)21(30)25-13-9-17(10-14-25)27-15-19(29)28(23(27)31)18-7-3-2-4-8-18/h2-8,11-12,17H,9-10,13-15H2,1H3. The van der Waals surface area contributed by atoms with Crippen LogP contribution in [-0.2, 0) is 4.79 Å². The first kappa shape index (κ1) is 20.4. The number of likely N-dealkylation sites (tertiary alicyclic amines) is 1. The fraction of sp³-hybridized carbons (Fsp3) is 0.304. The molecule has 2 aliphatic heterocycles. The largest absolute Gasteiger partial charge is 0.338 e. The Bertz CT molecular complexity index is 1150. The molecular formula is C23H23N5O3S. The lowest BCUT2D eigenvalue weighted by molar-refractivity contribution is -0.116. The molecule has 0 bridgehead atoms. The second-order valence-corrected chi connectivity index (χ2v) is 8.98. The summed E-state index contributed by atoms with van der Waals surface area (Å²) in [6.07, 6.45) is 5.11. The first-order chi connectivity index (χ1) is 15.5. The molecule has 0 aliphatic carbocycles. The molecule has 164 valence electrons. The van der Waals surface area contributed by atoms with E-state index in [0.717, 1.165) is 10.8 Å². The number of hydrogen-bond acceptors (Lipinski definition) is 5. The Balaban J connectivity index is 1.24. The number of anilines is 1. The van der Waals surface area contributed by atoms with Crippen LogP contribution in [0, 0.1) is 6.92 Å². The Labute approximate surface area is 189 Å². The lowest BCUT2D eigenvalue weighted by atomic mass is 10.0. The van der Waals surface area contributed by atoms with Crippen molar-refractivity contribution in [2.75, 3.05) is 24.5 Å². The van der Waals surface area contributed by atoms with E-state index in [1.165, 1.54) is 16.2 Å². The molecule has 2 fully saturated rings. The Morgan fingerprint density at radius 1 is 1.03 bits per heavy atom. The number of aryl methyl sites for hydroxylation is 1. The van der Waals surface area contributed by atoms with Crippen molar-refractivity contribution in [3.63, 3.8) is 0 Å². The third-order valence-electron chi connectivity index (χ3n) is 6.00. The van der Waals surface area contributed by atoms with E-state index < -0.39 is 0 Å². The van der Waals surface area contributed by atoms with Crippen LogP contribution in [0.25, 0.3) is 5.13 Å². The number of nitrogens with zero attached hydrogens (tertiary/aromatic N) is 5. The molecule has 8 nitrogen and oxygen atoms in total. The van der Waals surface area contributed by atoms with Gasteiger partial charge in [-0.3, -0.25) is 9.59 Å². The van der Waals surface area contributed by atoms with Crippen molar-refractivity contribution >= 4 is 34.9 Å². The molecule has 0 radical (unpaired) electrons. The van der Waals surface area contributed by atoms with Gasteiger partial charge in [-0.25, -0.2) is 14.7 Å². The number of hydrogen-bond donors (Lipinski definition) is 0. The smallest absolute Gasteiger partial charge is 0.332 e. The predicted octanol–water partition coefficient (Wildman–Crippen LogP) is 3.32. The van der Waals surface area contributed by atoms with Crippen LogP contribution in [-0.4, -0.2) is 62.9 Å². The SMILES string of the molecule is Cc1nc(-n2cccc2)sc1C(=O)N1CCC(N2CC(=O)N(c3ccccc3)C2=O)CC1. The van der Waals surface area contributed by atoms with Crippen LogP contribution in [0.4, 0.5) is 10.5 Å². The van der Waals surface area contributed by atoms with E-state index in [0.29, 0.717) is 36.5 Å². The Kier molecular flexibility index (Phi) is 5.26. The maximum Gasteiger partial charge on any atom is 0.332 e. The fourth-order valence-corrected chi connectivity index (χ4v) is 5.32. The lowest BCUT2D eigenvalue weighted by Crippen LogP contribution is -2.48. The minimum atomic E-state index is -0.277. The molecule has 2 aromatic heterocycles. The molecule has 9 heteroatoms. The van der Waals surface area contributed by atoms with Crippen molar-refractivity contribution < 1.29 is 14.4 Å². The highest BCUT2D eigenvalue weighted by Gasteiger charge is 2.42. The average Bonchev–Trinajstić information content (AvgIpc) is 3.53. The van der Waals surface area contributed by atoms with Crippen molar-refractivity contribution in [2.45, 2.75) is 25.8 Å². The fourth-order valence-electron chi connectivity index (χ4n) is 4.31. The minimum Gasteiger partial charge on any atom is -0.338 e. The van der Waals surface area contributed by atoms with E-state index in [-0.39, 0.29) is 30.4 Å². The molecule has 4 amide bonds. The molecule has 2 saturated heterocycles. The van der Waals surface area contributed by atoms with Crippen LogP contribution >= 0.6 is 11.3 Å². The number of urea groups is 1. The van der Waals surface area contributed by atoms with Crippen molar-refractivity contribution in [1.82, 2.24) is 19.4 Å². The second kappa shape index (κ2) is 8.23. The minimum absolute atomic E-state index is 0.0217. The van der Waals surface area contributed by atoms with Crippen LogP contribution in [0.2, 0.25) is 0 Å². The van der Waals surface area contributed by atoms with E-state index in [2.05, 4.69) is 4.98 Å². The van der Waals surface area contributed by atoms with Crippen molar-refractivity contribution in [3.8, 4) is 5.13 Å². The average molecular weight is 450 g/mol. The van der Waals surface area contributed by atoms with Gasteiger partial charge in [-0.05, 0) is 44.0 Å². The van der Waals surface area contributed by atoms with E-state index in [9.17, 15) is 14.4 Å². The maximum absolute atomic E-state index is 13.1. The molecule has 5 rings (SSSR count). The third kappa shape index (κ3) is 3.58. The van der Waals surface area contributed by atoms with Crippen LogP contribution in [0.5, 0.6) is 0 Å². The van der Waals surface area contributed by atoms with E-state index in [1.54, 1.807) is 17.0 Å². The summed E-state index contributed by atoms with van der Waals surface area (Å²) >= 11 is 1.39. The molecular weight excluding hydrogens is 426 g/mol. The Hall–Kier alpha value is -3.46. The summed E-state index contributed by atoms with van der Waals surface area (Å²) in [5.41, 5.74) is 1.32. The van der Waals surface area contributed by atoms with Gasteiger partial charge in [-0.2, -0.15) is 0 Å². The Morgan fingerprint density at radius 3 is 2.41 bits per heavy atom. The summed E-state index contributed by atoms with van der Waals surface area (Å²) in [5.74, 6) is -0.232. The van der Waals surface area contributed by atoms with Crippen molar-refractivity contribution in [1.29, 1.82) is 0 Å². The number of rotatable bonds is 4. The van der Waals surface area contributed by atoms with Crippen LogP contribution in [0.1, 0.15) is 28.2 Å². The molecule has 32 heavy (non-hydrogen) atoms. The number of amides is 4. The van der Waals surface area contributed by atoms with Crippen LogP contribution in [0.3, 0.4) is 0 Å². The quantitative estimate of drug-likeness (QED) is 0.573. The molecule has 0 saturated carbocycles. The monoisotopic (exact) mass is 449 g/mol. The molecule has 0 N–H and O–H groups in total. The summed E-state index contributed by atoms with van der Waals surface area (Å²) < 4.78 is 1.90. The number of imide groups is 1. The van der Waals surface area contributed by atoms with Crippen molar-refractivity contribution in [3.05, 3.63) is 65.4 Å². The van der Waals surface area contributed by atoms with Gasteiger partial charge >= 0.3 is 6.03 Å². The number of benzene rings is 1. The van der Waals surface area contributed by atoms with E-state index >= 15 is 0 Å². The zero-order chi connectivity index (χ0) is 22.2. The van der Waals surface area contributed by atoms with Gasteiger partial charge in [0.2, 0.25) is 0 Å². The zero-order valence-corrected chi connectivity index (χ0v) is 18.5. The molecule has 1 aromatic carbocycles. The number of piperidine rings is 1. The van der Waals surface area contributed by atoms with Gasteiger partial charge in [0.25, 0.3) is 11.8 Å². The number of carbonyl (C=O) groups excluding carboxylic acids is 3. The van der Waals surface area contributed by atoms with E-state index in [4.69, 9.17) is 0 Å². The summed E-state index contributed by atoms with van der Waals surface area (Å²) in [7, 11) is 0. The molecule has 0 spiro atoms. The summed E-state index contributed by atoms with van der Waals surface area (Å²) in [6.45, 7) is 3.03.